The number of nitrogens with zero attached hydrogens (tertiary/aromatic N) is 1. The van der Waals surface area contributed by atoms with E-state index in [4.69, 9.17) is 14.2 Å². The summed E-state index contributed by atoms with van der Waals surface area (Å²) in [6.07, 6.45) is 0. The predicted octanol–water partition coefficient (Wildman–Crippen LogP) is 2.88. The standard InChI is InChI=1S/C15H14BrNO4/c1-19-13-10(15(18)21-3)14(20-2)17-12(13)11(16)9-7-5-4-6-8-9/h4-8H,1-3H3/b12-11-. The van der Waals surface area contributed by atoms with Crippen molar-refractivity contribution in [3.8, 4) is 0 Å². The normalized spacial score (nSPS) is 16.5. The Morgan fingerprint density at radius 2 is 1.76 bits per heavy atom. The maximum absolute atomic E-state index is 11.9. The summed E-state index contributed by atoms with van der Waals surface area (Å²) in [4.78, 5) is 16.2. The zero-order valence-electron chi connectivity index (χ0n) is 11.8. The molecule has 0 saturated heterocycles. The Morgan fingerprint density at radius 1 is 1.10 bits per heavy atom. The fourth-order valence-corrected chi connectivity index (χ4v) is 2.46. The third-order valence-corrected chi connectivity index (χ3v) is 3.72. The molecule has 0 aromatic heterocycles. The first-order chi connectivity index (χ1) is 10.1. The smallest absolute Gasteiger partial charge is 0.347 e. The molecule has 0 saturated carbocycles. The lowest BCUT2D eigenvalue weighted by Gasteiger charge is -2.07. The lowest BCUT2D eigenvalue weighted by atomic mass is 10.1. The van der Waals surface area contributed by atoms with Gasteiger partial charge in [0.25, 0.3) is 0 Å². The summed E-state index contributed by atoms with van der Waals surface area (Å²) in [5.41, 5.74) is 1.57. The number of carbonyl (C=O) groups is 1. The van der Waals surface area contributed by atoms with Gasteiger partial charge >= 0.3 is 5.97 Å². The van der Waals surface area contributed by atoms with Crippen molar-refractivity contribution < 1.29 is 19.0 Å². The Balaban J connectivity index is 2.62. The quantitative estimate of drug-likeness (QED) is 0.785. The monoisotopic (exact) mass is 351 g/mol. The van der Waals surface area contributed by atoms with Crippen LogP contribution in [0.3, 0.4) is 0 Å². The highest BCUT2D eigenvalue weighted by atomic mass is 79.9. The summed E-state index contributed by atoms with van der Waals surface area (Å²) in [5.74, 6) is -0.0770. The number of hydrogen-bond acceptors (Lipinski definition) is 5. The van der Waals surface area contributed by atoms with Crippen LogP contribution < -0.4 is 0 Å². The summed E-state index contributed by atoms with van der Waals surface area (Å²) in [5, 5.41) is 0. The van der Waals surface area contributed by atoms with Crippen molar-refractivity contribution >= 4 is 32.3 Å². The molecule has 0 spiro atoms. The molecule has 1 aliphatic heterocycles. The number of halogens is 1. The highest BCUT2D eigenvalue weighted by molar-refractivity contribution is 9.15. The molecule has 1 aromatic rings. The molecule has 6 heteroatoms. The van der Waals surface area contributed by atoms with Gasteiger partial charge in [0.05, 0.1) is 25.8 Å². The van der Waals surface area contributed by atoms with E-state index in [1.54, 1.807) is 0 Å². The van der Waals surface area contributed by atoms with Crippen LogP contribution in [0.1, 0.15) is 5.56 Å². The van der Waals surface area contributed by atoms with Gasteiger partial charge in [0.15, 0.2) is 11.3 Å². The molecule has 0 unspecified atom stereocenters. The summed E-state index contributed by atoms with van der Waals surface area (Å²) >= 11 is 3.50. The molecule has 1 aromatic carbocycles. The second-order valence-corrected chi connectivity index (χ2v) is 4.84. The first kappa shape index (κ1) is 15.3. The minimum Gasteiger partial charge on any atom is -0.493 e. The molecule has 0 radical (unpaired) electrons. The molecule has 1 aliphatic rings. The molecule has 0 fully saturated rings. The first-order valence-electron chi connectivity index (χ1n) is 6.09. The van der Waals surface area contributed by atoms with Gasteiger partial charge in [-0.15, -0.1) is 0 Å². The van der Waals surface area contributed by atoms with E-state index >= 15 is 0 Å². The van der Waals surface area contributed by atoms with E-state index in [2.05, 4.69) is 20.9 Å². The minimum atomic E-state index is -0.559. The van der Waals surface area contributed by atoms with E-state index in [-0.39, 0.29) is 11.5 Å². The molecule has 0 amide bonds. The van der Waals surface area contributed by atoms with Crippen LogP contribution in [-0.2, 0) is 19.0 Å². The molecular weight excluding hydrogens is 338 g/mol. The van der Waals surface area contributed by atoms with Gasteiger partial charge in [-0.05, 0) is 21.5 Å². The Morgan fingerprint density at radius 3 is 2.29 bits per heavy atom. The van der Waals surface area contributed by atoms with E-state index in [1.165, 1.54) is 21.3 Å². The highest BCUT2D eigenvalue weighted by Gasteiger charge is 2.33. The van der Waals surface area contributed by atoms with Crippen molar-refractivity contribution in [2.45, 2.75) is 0 Å². The molecule has 1 heterocycles. The second-order valence-electron chi connectivity index (χ2n) is 4.05. The topological polar surface area (TPSA) is 57.1 Å². The lowest BCUT2D eigenvalue weighted by Crippen LogP contribution is -2.15. The summed E-state index contributed by atoms with van der Waals surface area (Å²) in [7, 11) is 4.20. The average molecular weight is 352 g/mol. The zero-order valence-corrected chi connectivity index (χ0v) is 13.4. The van der Waals surface area contributed by atoms with Crippen LogP contribution in [-0.4, -0.2) is 33.2 Å². The van der Waals surface area contributed by atoms with Crippen LogP contribution in [0.2, 0.25) is 0 Å². The molecule has 5 nitrogen and oxygen atoms in total. The Hall–Kier alpha value is -2.08. The minimum absolute atomic E-state index is 0.168. The molecule has 0 bridgehead atoms. The van der Waals surface area contributed by atoms with E-state index in [0.29, 0.717) is 15.9 Å². The summed E-state index contributed by atoms with van der Waals surface area (Å²) < 4.78 is 15.9. The Bertz CT molecular complexity index is 647. The summed E-state index contributed by atoms with van der Waals surface area (Å²) in [6, 6.07) is 9.57. The third kappa shape index (κ3) is 2.85. The molecule has 0 N–H and O–H groups in total. The van der Waals surface area contributed by atoms with Gasteiger partial charge in [-0.1, -0.05) is 30.3 Å². The predicted molar refractivity (Wildman–Crippen MR) is 82.8 cm³/mol. The number of hydrogen-bond donors (Lipinski definition) is 0. The maximum Gasteiger partial charge on any atom is 0.347 e. The number of carbonyl (C=O) groups excluding carboxylic acids is 1. The fourth-order valence-electron chi connectivity index (χ4n) is 1.92. The Kier molecular flexibility index (Phi) is 4.80. The van der Waals surface area contributed by atoms with Gasteiger partial charge in [0.1, 0.15) is 5.70 Å². The number of aliphatic imine (C=N–C) groups is 1. The lowest BCUT2D eigenvalue weighted by molar-refractivity contribution is -0.135. The number of methoxy groups -OCH3 is 3. The van der Waals surface area contributed by atoms with Gasteiger partial charge in [-0.3, -0.25) is 0 Å². The van der Waals surface area contributed by atoms with Crippen molar-refractivity contribution in [3.63, 3.8) is 0 Å². The molecule has 0 atom stereocenters. The molecule has 2 rings (SSSR count). The van der Waals surface area contributed by atoms with Crippen molar-refractivity contribution in [1.29, 1.82) is 0 Å². The average Bonchev–Trinajstić information content (AvgIpc) is 2.92. The van der Waals surface area contributed by atoms with E-state index in [9.17, 15) is 4.79 Å². The number of rotatable bonds is 3. The van der Waals surface area contributed by atoms with Crippen LogP contribution in [0.5, 0.6) is 0 Å². The van der Waals surface area contributed by atoms with Crippen LogP contribution in [0, 0.1) is 0 Å². The summed E-state index contributed by atoms with van der Waals surface area (Å²) in [6.45, 7) is 0. The van der Waals surface area contributed by atoms with Crippen molar-refractivity contribution in [3.05, 3.63) is 52.9 Å². The van der Waals surface area contributed by atoms with E-state index in [0.717, 1.165) is 5.56 Å². The van der Waals surface area contributed by atoms with Gasteiger partial charge in [0, 0.05) is 0 Å². The van der Waals surface area contributed by atoms with Crippen molar-refractivity contribution in [1.82, 2.24) is 0 Å². The SMILES string of the molecule is COC(=O)C1=C(OC)/C(=C(/Br)c2ccccc2)N=C1OC. The van der Waals surface area contributed by atoms with Crippen molar-refractivity contribution in [2.75, 3.05) is 21.3 Å². The molecular formula is C15H14BrNO4. The number of esters is 1. The van der Waals surface area contributed by atoms with Gasteiger partial charge in [-0.25, -0.2) is 9.79 Å². The Labute approximate surface area is 131 Å². The van der Waals surface area contributed by atoms with Gasteiger partial charge in [-0.2, -0.15) is 0 Å². The fraction of sp³-hybridized carbons (Fsp3) is 0.200. The zero-order chi connectivity index (χ0) is 15.4. The van der Waals surface area contributed by atoms with Crippen LogP contribution in [0.4, 0.5) is 0 Å². The number of benzene rings is 1. The van der Waals surface area contributed by atoms with Crippen LogP contribution in [0.15, 0.2) is 52.4 Å². The molecule has 0 aliphatic carbocycles. The van der Waals surface area contributed by atoms with Gasteiger partial charge < -0.3 is 14.2 Å². The molecule has 21 heavy (non-hydrogen) atoms. The van der Waals surface area contributed by atoms with Crippen molar-refractivity contribution in [2.24, 2.45) is 4.99 Å². The van der Waals surface area contributed by atoms with Gasteiger partial charge in [0.2, 0.25) is 5.90 Å². The highest BCUT2D eigenvalue weighted by Crippen LogP contribution is 2.36. The third-order valence-electron chi connectivity index (χ3n) is 2.89. The first-order valence-corrected chi connectivity index (χ1v) is 6.88. The van der Waals surface area contributed by atoms with E-state index in [1.807, 2.05) is 30.3 Å². The van der Waals surface area contributed by atoms with E-state index < -0.39 is 5.97 Å². The second kappa shape index (κ2) is 6.58. The number of ether oxygens (including phenoxy) is 3. The van der Waals surface area contributed by atoms with Crippen LogP contribution >= 0.6 is 15.9 Å². The maximum atomic E-state index is 11.9. The largest absolute Gasteiger partial charge is 0.493 e. The molecule has 110 valence electrons. The van der Waals surface area contributed by atoms with Crippen LogP contribution in [0.25, 0.3) is 4.48 Å².